The highest BCUT2D eigenvalue weighted by atomic mass is 16.8. The van der Waals surface area contributed by atoms with Crippen molar-refractivity contribution in [3.63, 3.8) is 0 Å². The molecular formula is C64H112O36. The van der Waals surface area contributed by atoms with Crippen LogP contribution < -0.4 is 0 Å². The Morgan fingerprint density at radius 3 is 0.470 bits per heavy atom. The quantitative estimate of drug-likeness (QED) is 0.0798. The molecule has 21 aliphatic heterocycles. The molecule has 0 amide bonds. The molecular weight excluding hydrogens is 1340 g/mol. The lowest BCUT2D eigenvalue weighted by molar-refractivity contribution is -0.402. The summed E-state index contributed by atoms with van der Waals surface area (Å²) in [5, 5.41) is 0. The Morgan fingerprint density at radius 1 is 0.200 bits per heavy atom. The Morgan fingerprint density at radius 2 is 0.340 bits per heavy atom. The predicted molar refractivity (Wildman–Crippen MR) is 334 cm³/mol. The third-order valence-electron chi connectivity index (χ3n) is 19.6. The molecule has 35 atom stereocenters. The Labute approximate surface area is 585 Å². The number of carbonyl (C=O) groups is 1. The molecule has 0 aliphatic carbocycles. The van der Waals surface area contributed by atoms with E-state index in [4.69, 9.17) is 166 Å². The van der Waals surface area contributed by atoms with E-state index in [1.165, 1.54) is 149 Å². The van der Waals surface area contributed by atoms with Gasteiger partial charge in [-0.2, -0.15) is 0 Å². The van der Waals surface area contributed by atoms with E-state index in [0.29, 0.717) is 0 Å². The van der Waals surface area contributed by atoms with E-state index in [-0.39, 0.29) is 46.1 Å². The van der Waals surface area contributed by atoms with Crippen molar-refractivity contribution >= 4 is 5.97 Å². The van der Waals surface area contributed by atoms with Crippen LogP contribution in [0.5, 0.6) is 0 Å². The summed E-state index contributed by atoms with van der Waals surface area (Å²) in [7, 11) is 31.0. The molecule has 0 N–H and O–H groups in total. The third-order valence-corrected chi connectivity index (χ3v) is 19.6. The zero-order valence-electron chi connectivity index (χ0n) is 61.4. The molecule has 0 aromatic heterocycles. The van der Waals surface area contributed by atoms with Crippen molar-refractivity contribution in [1.29, 1.82) is 0 Å². The van der Waals surface area contributed by atoms with Crippen LogP contribution >= 0.6 is 0 Å². The molecule has 14 bridgehead atoms. The Kier molecular flexibility index (Phi) is 34.2. The molecule has 0 aromatic carbocycles. The van der Waals surface area contributed by atoms with E-state index >= 15 is 0 Å². The smallest absolute Gasteiger partial charge is 0.308 e. The fourth-order valence-electron chi connectivity index (χ4n) is 15.0. The number of ether oxygens (including phenoxy) is 35. The lowest BCUT2D eigenvalue weighted by atomic mass is 9.93. The molecule has 0 spiro atoms. The maximum Gasteiger partial charge on any atom is 0.308 e. The molecule has 21 fully saturated rings. The van der Waals surface area contributed by atoms with Gasteiger partial charge in [-0.05, 0) is 0 Å². The average Bonchev–Trinajstić information content (AvgIpc) is 0.766. The van der Waals surface area contributed by atoms with E-state index in [2.05, 4.69) is 0 Å². The minimum atomic E-state index is -1.36. The van der Waals surface area contributed by atoms with Crippen LogP contribution in [0.3, 0.4) is 0 Å². The van der Waals surface area contributed by atoms with Crippen LogP contribution in [0.1, 0.15) is 6.42 Å². The van der Waals surface area contributed by atoms with E-state index in [9.17, 15) is 4.79 Å². The summed E-state index contributed by atoms with van der Waals surface area (Å²) in [5.41, 5.74) is 0. The van der Waals surface area contributed by atoms with Crippen molar-refractivity contribution < 1.29 is 171 Å². The van der Waals surface area contributed by atoms with Crippen LogP contribution in [0.2, 0.25) is 0 Å². The monoisotopic (exact) mass is 1460 g/mol. The summed E-state index contributed by atoms with van der Waals surface area (Å²) < 4.78 is 225. The van der Waals surface area contributed by atoms with Crippen molar-refractivity contribution in [2.75, 3.05) is 189 Å². The van der Waals surface area contributed by atoms with Crippen LogP contribution in [0.4, 0.5) is 0 Å². The number of esters is 1. The first-order valence-corrected chi connectivity index (χ1v) is 33.2. The van der Waals surface area contributed by atoms with Crippen LogP contribution in [0, 0.1) is 0 Å². The summed E-state index contributed by atoms with van der Waals surface area (Å²) in [6, 6.07) is 0. The summed E-state index contributed by atoms with van der Waals surface area (Å²) in [4.78, 5) is 13.6. The van der Waals surface area contributed by atoms with Gasteiger partial charge in [0, 0.05) is 142 Å². The predicted octanol–water partition coefficient (Wildman–Crippen LogP) is -1.58. The number of methoxy groups -OCH3 is 21. The van der Waals surface area contributed by atoms with Gasteiger partial charge in [0.2, 0.25) is 0 Å². The van der Waals surface area contributed by atoms with E-state index in [0.717, 1.165) is 0 Å². The Hall–Kier alpha value is -1.89. The lowest BCUT2D eigenvalue weighted by Crippen LogP contribution is -2.69. The van der Waals surface area contributed by atoms with Crippen LogP contribution in [-0.4, -0.2) is 410 Å². The summed E-state index contributed by atoms with van der Waals surface area (Å²) >= 11 is 0. The molecule has 21 aliphatic rings. The van der Waals surface area contributed by atoms with Gasteiger partial charge in [-0.3, -0.25) is 4.79 Å². The van der Waals surface area contributed by atoms with Gasteiger partial charge in [-0.1, -0.05) is 0 Å². The number of carbonyl (C=O) groups excluding carboxylic acids is 1. The fraction of sp³-hybridized carbons (Fsp3) is 0.984. The standard InChI is InChI=1S/C64H112O36/c1-66-23-30-38-45(74-9)53(82-17)60(89-30)97-40-32(25-68-3)91-62(55(84-19)47(40)76-11)99-42-34(27-70-5)93-64(57(86-21)49(42)78-13)100-43-35(28-71-6)92-63(56(85-20)50(43)79-14)98-41-33(26-69-4)90-61(54(83-18)48(41)77-12)96-39-31(24-67-2)88-59(52(81-16)46(39)75-10)94-37-29(22-36(65)72-7)87-58(95-38)51(80-15)44(37)73-8/h29-35,37-64H,22-28H2,1-21H3/t29-,30-,31-,32-,33-,34-,35-,37-,38-,39-,40-,41-,42-,43-,44+,45+,46+,47+,48+,49+,50+,51-,52-,53-,54-,55-,56-,57-,58-,59-,60-,61-,62-,63-,64-/m1/s1. The molecule has 21 rings (SSSR count). The Balaban J connectivity index is 1.25. The Bertz CT molecular complexity index is 2290. The van der Waals surface area contributed by atoms with Crippen LogP contribution in [0.25, 0.3) is 0 Å². The molecule has 0 unspecified atom stereocenters. The van der Waals surface area contributed by atoms with Crippen LogP contribution in [-0.2, 0) is 171 Å². The van der Waals surface area contributed by atoms with Gasteiger partial charge >= 0.3 is 5.97 Å². The topological polar surface area (TPSA) is 340 Å². The molecule has 21 heterocycles. The van der Waals surface area contributed by atoms with E-state index in [1.54, 1.807) is 0 Å². The zero-order valence-corrected chi connectivity index (χ0v) is 61.4. The van der Waals surface area contributed by atoms with Gasteiger partial charge in [-0.15, -0.1) is 0 Å². The molecule has 36 heteroatoms. The molecule has 584 valence electrons. The highest BCUT2D eigenvalue weighted by Gasteiger charge is 2.62. The lowest BCUT2D eigenvalue weighted by Gasteiger charge is -2.52. The highest BCUT2D eigenvalue weighted by Crippen LogP contribution is 2.43. The molecule has 0 radical (unpaired) electrons. The first kappa shape index (κ1) is 83.7. The van der Waals surface area contributed by atoms with E-state index < -0.39 is 221 Å². The minimum absolute atomic E-state index is 0.0517. The summed E-state index contributed by atoms with van der Waals surface area (Å²) in [6.45, 7) is -0.406. The molecule has 36 nitrogen and oxygen atoms in total. The van der Waals surface area contributed by atoms with Gasteiger partial charge in [0.25, 0.3) is 0 Å². The van der Waals surface area contributed by atoms with Crippen LogP contribution in [0.15, 0.2) is 0 Å². The maximum atomic E-state index is 13.6. The van der Waals surface area contributed by atoms with E-state index in [1.807, 2.05) is 0 Å². The van der Waals surface area contributed by atoms with Gasteiger partial charge < -0.3 is 166 Å². The first-order chi connectivity index (χ1) is 48.6. The maximum absolute atomic E-state index is 13.6. The van der Waals surface area contributed by atoms with Gasteiger partial charge in [0.05, 0.1) is 53.2 Å². The molecule has 0 saturated carbocycles. The summed E-state index contributed by atoms with van der Waals surface area (Å²) in [5.74, 6) is -0.665. The second kappa shape index (κ2) is 40.9. The normalized spacial score (nSPS) is 45.3. The minimum Gasteiger partial charge on any atom is -0.469 e. The third kappa shape index (κ3) is 18.3. The number of rotatable bonds is 28. The molecule has 0 aromatic rings. The zero-order chi connectivity index (χ0) is 72.5. The largest absolute Gasteiger partial charge is 0.469 e. The van der Waals surface area contributed by atoms with Crippen molar-refractivity contribution in [1.82, 2.24) is 0 Å². The SMILES string of the molecule is COC[C@H]1O[C@@H]2O[C@H]3[C@H](OC)[C@@H](OC)[C@@H](O[C@H]4[C@H](OC)[C@@H](OC)[C@@H](O[C@H]5[C@H](OC)[C@@H](OC)[C@@H](O[C@H]6[C@H](OC)[C@@H](OC)[C@@H](O[C@H]7[C@H](OC)[C@@H](OC)[C@@H](O[C@H]8[C@H](OC)[C@@H](OC)[C@@H](O[C@H]1[C@H](OC)[C@H]2OC)O[C@@H]8COC)O[C@@H]7COC)O[C@@H]6COC)O[C@@H]5CC(=O)OC)O[C@@H]4COC)O[C@@H]3COC. The van der Waals surface area contributed by atoms with Crippen molar-refractivity contribution in [3.05, 3.63) is 0 Å². The molecule has 100 heavy (non-hydrogen) atoms. The van der Waals surface area contributed by atoms with Crippen molar-refractivity contribution in [2.45, 2.75) is 221 Å². The van der Waals surface area contributed by atoms with Gasteiger partial charge in [-0.25, -0.2) is 0 Å². The summed E-state index contributed by atoms with van der Waals surface area (Å²) in [6.07, 6.45) is -38.3. The van der Waals surface area contributed by atoms with Crippen molar-refractivity contribution in [2.24, 2.45) is 0 Å². The van der Waals surface area contributed by atoms with Gasteiger partial charge in [0.1, 0.15) is 171 Å². The highest BCUT2D eigenvalue weighted by molar-refractivity contribution is 5.69. The number of hydrogen-bond acceptors (Lipinski definition) is 36. The average molecular weight is 1460 g/mol. The second-order valence-corrected chi connectivity index (χ2v) is 24.8. The molecule has 21 saturated heterocycles. The van der Waals surface area contributed by atoms with Crippen molar-refractivity contribution in [3.8, 4) is 0 Å². The second-order valence-electron chi connectivity index (χ2n) is 24.8. The van der Waals surface area contributed by atoms with Gasteiger partial charge in [0.15, 0.2) is 44.0 Å². The number of hydrogen-bond donors (Lipinski definition) is 0. The first-order valence-electron chi connectivity index (χ1n) is 33.2. The fourth-order valence-corrected chi connectivity index (χ4v) is 15.0.